The molecule has 0 aliphatic heterocycles. The molecule has 4 aromatic rings. The lowest BCUT2D eigenvalue weighted by atomic mass is 10.0. The number of benzene rings is 3. The fourth-order valence-electron chi connectivity index (χ4n) is 3.17. The topological polar surface area (TPSA) is 48.3 Å². The fraction of sp³-hybridized carbons (Fsp3) is 0.0476. The molecular weight excluding hydrogens is 314 g/mol. The zero-order valence-corrected chi connectivity index (χ0v) is 13.6. The number of esters is 1. The Morgan fingerprint density at radius 1 is 0.800 bits per heavy atom. The minimum Gasteiger partial charge on any atom is -0.465 e. The number of methoxy groups -OCH3 is 1. The van der Waals surface area contributed by atoms with Gasteiger partial charge in [-0.05, 0) is 35.0 Å². The summed E-state index contributed by atoms with van der Waals surface area (Å²) >= 11 is 0. The first-order chi connectivity index (χ1) is 12.2. The third kappa shape index (κ3) is 2.39. The molecule has 0 radical (unpaired) electrons. The van der Waals surface area contributed by atoms with E-state index in [4.69, 9.17) is 4.74 Å². The molecule has 4 heteroatoms. The number of ether oxygens (including phenoxy) is 1. The molecule has 1 aromatic heterocycles. The van der Waals surface area contributed by atoms with E-state index in [1.165, 1.54) is 7.11 Å². The first-order valence-electron chi connectivity index (χ1n) is 7.91. The summed E-state index contributed by atoms with van der Waals surface area (Å²) < 4.78 is 6.40. The van der Waals surface area contributed by atoms with Gasteiger partial charge in [0, 0.05) is 17.1 Å². The number of hydrogen-bond acceptors (Lipinski definition) is 3. The number of carbonyl (C=O) groups excluding carboxylic acids is 2. The van der Waals surface area contributed by atoms with E-state index in [0.717, 1.165) is 10.8 Å². The normalized spacial score (nSPS) is 10.9. The maximum atomic E-state index is 13.1. The van der Waals surface area contributed by atoms with E-state index in [2.05, 4.69) is 0 Å². The highest BCUT2D eigenvalue weighted by Gasteiger charge is 2.17. The van der Waals surface area contributed by atoms with Crippen molar-refractivity contribution in [2.75, 3.05) is 7.11 Å². The molecule has 4 rings (SSSR count). The Labute approximate surface area is 144 Å². The van der Waals surface area contributed by atoms with Gasteiger partial charge in [-0.2, -0.15) is 0 Å². The first-order valence-corrected chi connectivity index (χ1v) is 7.91. The van der Waals surface area contributed by atoms with Gasteiger partial charge in [0.05, 0.1) is 18.2 Å². The van der Waals surface area contributed by atoms with Gasteiger partial charge in [-0.25, -0.2) is 4.79 Å². The van der Waals surface area contributed by atoms with Crippen molar-refractivity contribution in [1.29, 1.82) is 0 Å². The summed E-state index contributed by atoms with van der Waals surface area (Å²) in [6.45, 7) is 0. The standard InChI is InChI=1S/C21H15NO3/c1-25-21(24)18-10-5-11-19-16(18)12-13-22(19)20(23)17-9-4-7-14-6-2-3-8-15(14)17/h2-13H,1H3. The smallest absolute Gasteiger partial charge is 0.338 e. The summed E-state index contributed by atoms with van der Waals surface area (Å²) in [5.74, 6) is -0.547. The van der Waals surface area contributed by atoms with Crippen LogP contribution in [-0.4, -0.2) is 23.6 Å². The maximum absolute atomic E-state index is 13.1. The lowest BCUT2D eigenvalue weighted by Crippen LogP contribution is -2.11. The molecule has 0 spiro atoms. The van der Waals surface area contributed by atoms with Gasteiger partial charge in [0.2, 0.25) is 0 Å². The molecule has 0 fully saturated rings. The van der Waals surface area contributed by atoms with Crippen molar-refractivity contribution in [2.24, 2.45) is 0 Å². The van der Waals surface area contributed by atoms with Crippen molar-refractivity contribution in [2.45, 2.75) is 0 Å². The number of aromatic nitrogens is 1. The van der Waals surface area contributed by atoms with Crippen LogP contribution in [0.25, 0.3) is 21.7 Å². The average Bonchev–Trinajstić information content (AvgIpc) is 3.10. The molecule has 122 valence electrons. The maximum Gasteiger partial charge on any atom is 0.338 e. The van der Waals surface area contributed by atoms with Crippen molar-refractivity contribution in [3.8, 4) is 0 Å². The molecule has 4 nitrogen and oxygen atoms in total. The lowest BCUT2D eigenvalue weighted by molar-refractivity contribution is 0.0602. The van der Waals surface area contributed by atoms with E-state index < -0.39 is 5.97 Å². The number of rotatable bonds is 2. The van der Waals surface area contributed by atoms with Crippen LogP contribution >= 0.6 is 0 Å². The largest absolute Gasteiger partial charge is 0.465 e. The van der Waals surface area contributed by atoms with Crippen LogP contribution in [0.5, 0.6) is 0 Å². The van der Waals surface area contributed by atoms with Crippen LogP contribution in [0.3, 0.4) is 0 Å². The Hall–Kier alpha value is -3.40. The van der Waals surface area contributed by atoms with E-state index in [1.54, 1.807) is 29.0 Å². The van der Waals surface area contributed by atoms with Crippen molar-refractivity contribution in [3.63, 3.8) is 0 Å². The van der Waals surface area contributed by atoms with Crippen molar-refractivity contribution < 1.29 is 14.3 Å². The van der Waals surface area contributed by atoms with Crippen LogP contribution in [0.1, 0.15) is 20.7 Å². The Balaban J connectivity index is 1.90. The highest BCUT2D eigenvalue weighted by molar-refractivity contribution is 6.12. The van der Waals surface area contributed by atoms with Crippen molar-refractivity contribution >= 4 is 33.6 Å². The highest BCUT2D eigenvalue weighted by atomic mass is 16.5. The van der Waals surface area contributed by atoms with E-state index in [9.17, 15) is 9.59 Å². The van der Waals surface area contributed by atoms with Crippen LogP contribution < -0.4 is 0 Å². The molecule has 0 saturated heterocycles. The third-order valence-corrected chi connectivity index (χ3v) is 4.38. The molecule has 0 amide bonds. The van der Waals surface area contributed by atoms with Crippen LogP contribution in [0.4, 0.5) is 0 Å². The molecule has 0 saturated carbocycles. The summed E-state index contributed by atoms with van der Waals surface area (Å²) in [5, 5.41) is 2.61. The van der Waals surface area contributed by atoms with E-state index in [1.807, 2.05) is 48.5 Å². The molecule has 3 aromatic carbocycles. The summed E-state index contributed by atoms with van der Waals surface area (Å²) in [7, 11) is 1.35. The van der Waals surface area contributed by atoms with Gasteiger partial charge in [0.1, 0.15) is 0 Å². The quantitative estimate of drug-likeness (QED) is 0.516. The minimum atomic E-state index is -0.416. The molecule has 25 heavy (non-hydrogen) atoms. The van der Waals surface area contributed by atoms with Gasteiger partial charge < -0.3 is 4.74 Å². The average molecular weight is 329 g/mol. The molecule has 0 atom stereocenters. The Kier molecular flexibility index (Phi) is 3.58. The predicted molar refractivity (Wildman–Crippen MR) is 97.0 cm³/mol. The zero-order chi connectivity index (χ0) is 17.4. The number of nitrogens with zero attached hydrogens (tertiary/aromatic N) is 1. The van der Waals surface area contributed by atoms with Crippen LogP contribution in [0.2, 0.25) is 0 Å². The first kappa shape index (κ1) is 15.1. The second kappa shape index (κ2) is 5.91. The molecule has 0 aliphatic carbocycles. The minimum absolute atomic E-state index is 0.131. The Morgan fingerprint density at radius 3 is 2.36 bits per heavy atom. The highest BCUT2D eigenvalue weighted by Crippen LogP contribution is 2.24. The van der Waals surface area contributed by atoms with Gasteiger partial charge >= 0.3 is 5.97 Å². The summed E-state index contributed by atoms with van der Waals surface area (Å²) in [4.78, 5) is 25.1. The van der Waals surface area contributed by atoms with Crippen LogP contribution in [-0.2, 0) is 4.74 Å². The van der Waals surface area contributed by atoms with Crippen LogP contribution in [0, 0.1) is 0 Å². The molecule has 0 aliphatic rings. The zero-order valence-electron chi connectivity index (χ0n) is 13.6. The van der Waals surface area contributed by atoms with Crippen LogP contribution in [0.15, 0.2) is 72.9 Å². The summed E-state index contributed by atoms with van der Waals surface area (Å²) in [6, 6.07) is 20.5. The molecule has 1 heterocycles. The third-order valence-electron chi connectivity index (χ3n) is 4.38. The predicted octanol–water partition coefficient (Wildman–Crippen LogP) is 4.27. The molecule has 0 bridgehead atoms. The van der Waals surface area contributed by atoms with E-state index >= 15 is 0 Å². The summed E-state index contributed by atoms with van der Waals surface area (Å²) in [5.41, 5.74) is 1.75. The Bertz CT molecular complexity index is 1120. The van der Waals surface area contributed by atoms with Gasteiger partial charge in [-0.15, -0.1) is 0 Å². The number of hydrogen-bond donors (Lipinski definition) is 0. The monoisotopic (exact) mass is 329 g/mol. The second-order valence-corrected chi connectivity index (χ2v) is 5.75. The SMILES string of the molecule is COC(=O)c1cccc2c1ccn2C(=O)c1cccc2ccccc12. The number of fused-ring (bicyclic) bond motifs is 2. The fourth-order valence-corrected chi connectivity index (χ4v) is 3.17. The molecule has 0 unspecified atom stereocenters. The molecular formula is C21H15NO3. The van der Waals surface area contributed by atoms with Crippen molar-refractivity contribution in [3.05, 3.63) is 84.1 Å². The number of carbonyl (C=O) groups is 2. The molecule has 0 N–H and O–H groups in total. The Morgan fingerprint density at radius 2 is 1.52 bits per heavy atom. The van der Waals surface area contributed by atoms with Gasteiger partial charge in [0.25, 0.3) is 5.91 Å². The van der Waals surface area contributed by atoms with Crippen molar-refractivity contribution in [1.82, 2.24) is 4.57 Å². The van der Waals surface area contributed by atoms with Gasteiger partial charge in [-0.3, -0.25) is 9.36 Å². The summed E-state index contributed by atoms with van der Waals surface area (Å²) in [6.07, 6.45) is 1.70. The van der Waals surface area contributed by atoms with Gasteiger partial charge in [-0.1, -0.05) is 42.5 Å². The van der Waals surface area contributed by atoms with Gasteiger partial charge in [0.15, 0.2) is 0 Å². The second-order valence-electron chi connectivity index (χ2n) is 5.75. The lowest BCUT2D eigenvalue weighted by Gasteiger charge is -2.08. The van der Waals surface area contributed by atoms with E-state index in [-0.39, 0.29) is 5.91 Å². The van der Waals surface area contributed by atoms with E-state index in [0.29, 0.717) is 22.0 Å².